The molecule has 0 saturated carbocycles. The molecule has 0 aliphatic carbocycles. The maximum Gasteiger partial charge on any atom is 0.436 e. The summed E-state index contributed by atoms with van der Waals surface area (Å²) < 4.78 is 121. The molecule has 32 heavy (non-hydrogen) atoms. The van der Waals surface area contributed by atoms with Crippen molar-refractivity contribution in [1.29, 1.82) is 0 Å². The zero-order chi connectivity index (χ0) is 24.2. The smallest absolute Gasteiger partial charge is 0.319 e. The Morgan fingerprint density at radius 1 is 1.03 bits per heavy atom. The summed E-state index contributed by atoms with van der Waals surface area (Å²) in [5.41, 5.74) is -7.71. The number of nitrogens with zero attached hydrogens (tertiary/aromatic N) is 4. The normalized spacial score (nSPS) is 12.3. The number of aromatic nitrogens is 4. The standard InChI is InChI=1S/C16H7ClF9N5O/c1-30-13(17)9(11(29-30)15(21,22)23)14(32)28-8-4-27-31(12(8)16(24,25)26)10-6(19)2-5(18)3-7(10)20/h2-4H,1H3,(H,28,32). The molecular formula is C16H7ClF9N5O. The monoisotopic (exact) mass is 491 g/mol. The maximum absolute atomic E-state index is 14.0. The highest BCUT2D eigenvalue weighted by Gasteiger charge is 2.43. The molecular weight excluding hydrogens is 485 g/mol. The first-order chi connectivity index (χ1) is 14.6. The van der Waals surface area contributed by atoms with Crippen LogP contribution in [-0.2, 0) is 19.4 Å². The van der Waals surface area contributed by atoms with Gasteiger partial charge in [-0.25, -0.2) is 17.9 Å². The molecule has 0 saturated heterocycles. The quantitative estimate of drug-likeness (QED) is 0.527. The van der Waals surface area contributed by atoms with E-state index in [0.717, 1.165) is 7.05 Å². The van der Waals surface area contributed by atoms with Crippen molar-refractivity contribution < 1.29 is 44.3 Å². The van der Waals surface area contributed by atoms with Crippen molar-refractivity contribution in [2.24, 2.45) is 7.05 Å². The topological polar surface area (TPSA) is 64.7 Å². The molecule has 2 aromatic heterocycles. The van der Waals surface area contributed by atoms with Crippen LogP contribution in [0.2, 0.25) is 5.15 Å². The van der Waals surface area contributed by atoms with E-state index in [2.05, 4.69) is 10.2 Å². The Hall–Kier alpha value is -3.23. The summed E-state index contributed by atoms with van der Waals surface area (Å²) in [6.07, 6.45) is -10.3. The minimum atomic E-state index is -5.42. The molecule has 1 amide bonds. The molecule has 0 unspecified atom stereocenters. The van der Waals surface area contributed by atoms with Gasteiger partial charge in [-0.2, -0.15) is 36.5 Å². The van der Waals surface area contributed by atoms with E-state index in [4.69, 9.17) is 11.6 Å². The van der Waals surface area contributed by atoms with Crippen LogP contribution in [0.5, 0.6) is 0 Å². The van der Waals surface area contributed by atoms with Crippen molar-refractivity contribution in [3.8, 4) is 5.69 Å². The van der Waals surface area contributed by atoms with Crippen molar-refractivity contribution in [1.82, 2.24) is 19.6 Å². The largest absolute Gasteiger partial charge is 0.436 e. The van der Waals surface area contributed by atoms with Crippen LogP contribution in [0.3, 0.4) is 0 Å². The number of hydrogen-bond donors (Lipinski definition) is 1. The summed E-state index contributed by atoms with van der Waals surface area (Å²) in [4.78, 5) is 12.4. The minimum Gasteiger partial charge on any atom is -0.319 e. The number of alkyl halides is 6. The Labute approximate surface area is 176 Å². The molecule has 3 rings (SSSR count). The number of benzene rings is 1. The molecule has 0 aliphatic heterocycles. The molecule has 16 heteroatoms. The number of carbonyl (C=O) groups excluding carboxylic acids is 1. The highest BCUT2D eigenvalue weighted by Crippen LogP contribution is 2.39. The van der Waals surface area contributed by atoms with E-state index >= 15 is 0 Å². The van der Waals surface area contributed by atoms with Crippen LogP contribution in [0.4, 0.5) is 45.2 Å². The predicted octanol–water partition coefficient (Wildman–Crippen LogP) is 4.97. The van der Waals surface area contributed by atoms with Gasteiger partial charge in [-0.05, 0) is 0 Å². The summed E-state index contributed by atoms with van der Waals surface area (Å²) in [6.45, 7) is 0. The number of anilines is 1. The molecule has 0 radical (unpaired) electrons. The van der Waals surface area contributed by atoms with Gasteiger partial charge in [0.15, 0.2) is 23.0 Å². The molecule has 172 valence electrons. The number of aryl methyl sites for hydroxylation is 1. The van der Waals surface area contributed by atoms with Gasteiger partial charge < -0.3 is 5.32 Å². The van der Waals surface area contributed by atoms with Crippen LogP contribution < -0.4 is 5.32 Å². The Kier molecular flexibility index (Phi) is 5.65. The average Bonchev–Trinajstić information content (AvgIpc) is 3.15. The fourth-order valence-electron chi connectivity index (χ4n) is 2.71. The number of carbonyl (C=O) groups is 1. The second kappa shape index (κ2) is 7.72. The van der Waals surface area contributed by atoms with Gasteiger partial charge in [-0.3, -0.25) is 9.48 Å². The summed E-state index contributed by atoms with van der Waals surface area (Å²) in [6, 6.07) is 0.174. The van der Waals surface area contributed by atoms with Crippen molar-refractivity contribution >= 4 is 23.2 Å². The van der Waals surface area contributed by atoms with E-state index in [0.29, 0.717) is 10.9 Å². The van der Waals surface area contributed by atoms with Crippen LogP contribution in [0.25, 0.3) is 5.69 Å². The van der Waals surface area contributed by atoms with Crippen LogP contribution in [0, 0.1) is 17.5 Å². The molecule has 6 nitrogen and oxygen atoms in total. The fraction of sp³-hybridized carbons (Fsp3) is 0.188. The van der Waals surface area contributed by atoms with E-state index in [9.17, 15) is 44.3 Å². The lowest BCUT2D eigenvalue weighted by Crippen LogP contribution is -2.21. The number of nitrogens with one attached hydrogen (secondary N) is 1. The summed E-state index contributed by atoms with van der Waals surface area (Å²) >= 11 is 5.63. The zero-order valence-electron chi connectivity index (χ0n) is 15.2. The SMILES string of the molecule is Cn1nc(C(F)(F)F)c(C(=O)Nc2cnn(-c3c(F)cc(F)cc3F)c2C(F)(F)F)c1Cl. The Balaban J connectivity index is 2.14. The molecule has 1 N–H and O–H groups in total. The average molecular weight is 492 g/mol. The van der Waals surface area contributed by atoms with Crippen LogP contribution >= 0.6 is 11.6 Å². The van der Waals surface area contributed by atoms with Crippen LogP contribution in [-0.4, -0.2) is 25.5 Å². The second-order valence-electron chi connectivity index (χ2n) is 6.12. The van der Waals surface area contributed by atoms with E-state index in [1.54, 1.807) is 5.32 Å². The summed E-state index contributed by atoms with van der Waals surface area (Å²) in [7, 11) is 0.952. The lowest BCUT2D eigenvalue weighted by molar-refractivity contribution is -0.143. The molecule has 0 spiro atoms. The summed E-state index contributed by atoms with van der Waals surface area (Å²) in [5.74, 6) is -6.70. The van der Waals surface area contributed by atoms with Crippen molar-refractivity contribution in [2.75, 3.05) is 5.32 Å². The highest BCUT2D eigenvalue weighted by atomic mass is 35.5. The third-order valence-electron chi connectivity index (χ3n) is 3.95. The summed E-state index contributed by atoms with van der Waals surface area (Å²) in [5, 5.41) is 6.87. The van der Waals surface area contributed by atoms with Crippen LogP contribution in [0.1, 0.15) is 21.7 Å². The van der Waals surface area contributed by atoms with Gasteiger partial charge in [0.1, 0.15) is 22.2 Å². The lowest BCUT2D eigenvalue weighted by Gasteiger charge is -2.14. The first-order valence-corrected chi connectivity index (χ1v) is 8.42. The van der Waals surface area contributed by atoms with E-state index in [-0.39, 0.29) is 16.8 Å². The molecule has 1 aromatic carbocycles. The molecule has 2 heterocycles. The number of amides is 1. The molecule has 0 bridgehead atoms. The predicted molar refractivity (Wildman–Crippen MR) is 89.6 cm³/mol. The second-order valence-corrected chi connectivity index (χ2v) is 6.48. The molecule has 3 aromatic rings. The van der Waals surface area contributed by atoms with Gasteiger partial charge >= 0.3 is 12.4 Å². The van der Waals surface area contributed by atoms with E-state index < -0.39 is 69.2 Å². The Morgan fingerprint density at radius 3 is 2.09 bits per heavy atom. The van der Waals surface area contributed by atoms with Crippen molar-refractivity contribution in [3.63, 3.8) is 0 Å². The lowest BCUT2D eigenvalue weighted by atomic mass is 10.2. The maximum atomic E-state index is 14.0. The number of halogens is 10. The Morgan fingerprint density at radius 2 is 1.59 bits per heavy atom. The van der Waals surface area contributed by atoms with Crippen LogP contribution in [0.15, 0.2) is 18.3 Å². The first kappa shape index (κ1) is 23.4. The van der Waals surface area contributed by atoms with E-state index in [1.807, 2.05) is 0 Å². The first-order valence-electron chi connectivity index (χ1n) is 8.04. The van der Waals surface area contributed by atoms with Gasteiger partial charge in [-0.1, -0.05) is 11.6 Å². The number of hydrogen-bond acceptors (Lipinski definition) is 3. The number of rotatable bonds is 3. The van der Waals surface area contributed by atoms with Crippen molar-refractivity contribution in [2.45, 2.75) is 12.4 Å². The minimum absolute atomic E-state index is 0.0868. The molecule has 0 aliphatic rings. The molecule has 0 atom stereocenters. The van der Waals surface area contributed by atoms with Gasteiger partial charge in [-0.15, -0.1) is 0 Å². The zero-order valence-corrected chi connectivity index (χ0v) is 16.0. The third kappa shape index (κ3) is 4.11. The van der Waals surface area contributed by atoms with Gasteiger partial charge in [0.25, 0.3) is 5.91 Å². The van der Waals surface area contributed by atoms with Gasteiger partial charge in [0.2, 0.25) is 0 Å². The third-order valence-corrected chi connectivity index (χ3v) is 4.39. The van der Waals surface area contributed by atoms with Crippen molar-refractivity contribution in [3.05, 3.63) is 57.9 Å². The Bertz CT molecular complexity index is 1190. The van der Waals surface area contributed by atoms with Gasteiger partial charge in [0, 0.05) is 19.2 Å². The van der Waals surface area contributed by atoms with Gasteiger partial charge in [0.05, 0.1) is 11.9 Å². The fourth-order valence-corrected chi connectivity index (χ4v) is 2.92. The highest BCUT2D eigenvalue weighted by molar-refractivity contribution is 6.33. The van der Waals surface area contributed by atoms with E-state index in [1.165, 1.54) is 0 Å². The molecule has 0 fully saturated rings.